The van der Waals surface area contributed by atoms with E-state index in [2.05, 4.69) is 6.08 Å². The van der Waals surface area contributed by atoms with Crippen LogP contribution < -0.4 is 0 Å². The van der Waals surface area contributed by atoms with Crippen molar-refractivity contribution in [3.05, 3.63) is 76.9 Å². The summed E-state index contributed by atoms with van der Waals surface area (Å²) < 4.78 is 10.8. The maximum absolute atomic E-state index is 13.3. The number of fused-ring (bicyclic) bond motifs is 3. The molecule has 39 heavy (non-hydrogen) atoms. The van der Waals surface area contributed by atoms with Crippen LogP contribution in [0.15, 0.2) is 65.7 Å². The van der Waals surface area contributed by atoms with Crippen LogP contribution in [-0.2, 0) is 19.0 Å². The topological polar surface area (TPSA) is 113 Å². The van der Waals surface area contributed by atoms with Crippen molar-refractivity contribution in [3.8, 4) is 5.75 Å². The fourth-order valence-electron chi connectivity index (χ4n) is 6.38. The minimum absolute atomic E-state index is 0.194. The maximum atomic E-state index is 13.3. The van der Waals surface area contributed by atoms with Gasteiger partial charge in [0.25, 0.3) is 0 Å². The number of phenols is 1. The van der Waals surface area contributed by atoms with Gasteiger partial charge in [0.1, 0.15) is 5.75 Å². The number of hydrogen-bond donors (Lipinski definition) is 2. The summed E-state index contributed by atoms with van der Waals surface area (Å²) in [6.07, 6.45) is 3.13. The molecular weight excluding hydrogens is 497 g/mol. The van der Waals surface area contributed by atoms with Crippen molar-refractivity contribution < 1.29 is 33.9 Å². The summed E-state index contributed by atoms with van der Waals surface area (Å²) in [6.45, 7) is 2.02. The molecule has 1 aliphatic carbocycles. The molecule has 2 fully saturated rings. The third-order valence-electron chi connectivity index (χ3n) is 8.15. The fraction of sp³-hybridized carbons (Fsp3) is 0.367. The summed E-state index contributed by atoms with van der Waals surface area (Å²) in [7, 11) is 0.0629. The number of phenolic OH excluding ortho intramolecular Hbond substituents is 1. The van der Waals surface area contributed by atoms with Gasteiger partial charge in [-0.1, -0.05) is 61.0 Å². The maximum Gasteiger partial charge on any atom is 0.455 e. The van der Waals surface area contributed by atoms with E-state index in [0.717, 1.165) is 35.0 Å². The van der Waals surface area contributed by atoms with E-state index < -0.39 is 43.0 Å². The second kappa shape index (κ2) is 11.2. The summed E-state index contributed by atoms with van der Waals surface area (Å²) in [5, 5.41) is 20.4. The van der Waals surface area contributed by atoms with Crippen molar-refractivity contribution in [2.75, 3.05) is 7.11 Å². The van der Waals surface area contributed by atoms with Gasteiger partial charge in [0.2, 0.25) is 11.8 Å². The first-order valence-corrected chi connectivity index (χ1v) is 13.4. The van der Waals surface area contributed by atoms with E-state index in [0.29, 0.717) is 30.6 Å². The summed E-state index contributed by atoms with van der Waals surface area (Å²) in [6, 6.07) is 17.0. The SMILES string of the molecule is CCC1=C2[C@@H](CC/C(=C/c3ccc(O)cc3)c3ccccc3)OB(O)C[C@@H]2[C@@H]2C(=O)N(C(=O)OC)C(=O)[C@@H]2C1. The van der Waals surface area contributed by atoms with Gasteiger partial charge in [-0.15, -0.1) is 0 Å². The first-order valence-electron chi connectivity index (χ1n) is 13.4. The molecular formula is C30H32BNO7. The Labute approximate surface area is 228 Å². The Morgan fingerprint density at radius 2 is 1.82 bits per heavy atom. The molecule has 2 saturated heterocycles. The molecule has 4 atom stereocenters. The quantitative estimate of drug-likeness (QED) is 0.242. The van der Waals surface area contributed by atoms with Crippen LogP contribution in [0, 0.1) is 17.8 Å². The fourth-order valence-corrected chi connectivity index (χ4v) is 6.38. The van der Waals surface area contributed by atoms with Gasteiger partial charge in [0, 0.05) is 0 Å². The number of hydrogen-bond acceptors (Lipinski definition) is 7. The molecule has 9 heteroatoms. The number of carbonyl (C=O) groups excluding carboxylic acids is 3. The number of imide groups is 3. The number of ether oxygens (including phenoxy) is 1. The van der Waals surface area contributed by atoms with Crippen LogP contribution in [0.5, 0.6) is 5.75 Å². The molecule has 0 saturated carbocycles. The molecule has 0 unspecified atom stereocenters. The summed E-state index contributed by atoms with van der Waals surface area (Å²) in [5.74, 6) is -2.63. The number of rotatable bonds is 6. The number of allylic oxidation sites excluding steroid dienone is 2. The zero-order chi connectivity index (χ0) is 27.7. The average molecular weight is 529 g/mol. The lowest BCUT2D eigenvalue weighted by atomic mass is 9.58. The molecule has 2 aliphatic heterocycles. The van der Waals surface area contributed by atoms with Crippen LogP contribution in [0.3, 0.4) is 0 Å². The molecule has 3 aliphatic rings. The van der Waals surface area contributed by atoms with Gasteiger partial charge in [-0.3, -0.25) is 9.59 Å². The van der Waals surface area contributed by atoms with Gasteiger partial charge in [0.15, 0.2) is 0 Å². The lowest BCUT2D eigenvalue weighted by Gasteiger charge is -2.43. The molecule has 5 rings (SSSR count). The van der Waals surface area contributed by atoms with Crippen molar-refractivity contribution in [2.24, 2.45) is 17.8 Å². The lowest BCUT2D eigenvalue weighted by molar-refractivity contribution is -0.137. The standard InChI is InChI=1S/C30H32BNO7/c1-3-19-16-23-27(29(35)32(28(23)34)30(36)38-2)24-17-31(37)39-25(26(19)24)14-11-21(20-7-5-4-6-8-20)15-18-9-12-22(33)13-10-18/h4-10,12-13,15,23-25,27,33,37H,3,11,14,16-17H2,1-2H3/b21-15-/t23-,24+,25-,27-/m1/s1. The van der Waals surface area contributed by atoms with Gasteiger partial charge < -0.3 is 19.5 Å². The smallest absolute Gasteiger partial charge is 0.455 e. The molecule has 2 heterocycles. The highest BCUT2D eigenvalue weighted by atomic mass is 16.5. The highest BCUT2D eigenvalue weighted by Crippen LogP contribution is 2.51. The number of likely N-dealkylation sites (tertiary alicyclic amines) is 1. The van der Waals surface area contributed by atoms with Crippen molar-refractivity contribution in [1.82, 2.24) is 4.90 Å². The molecule has 202 valence electrons. The molecule has 0 aromatic heterocycles. The molecule has 2 N–H and O–H groups in total. The van der Waals surface area contributed by atoms with Crippen LogP contribution in [0.4, 0.5) is 4.79 Å². The minimum Gasteiger partial charge on any atom is -0.508 e. The van der Waals surface area contributed by atoms with E-state index in [1.54, 1.807) is 12.1 Å². The third-order valence-corrected chi connectivity index (χ3v) is 8.15. The van der Waals surface area contributed by atoms with Crippen molar-refractivity contribution >= 4 is 36.7 Å². The van der Waals surface area contributed by atoms with Crippen molar-refractivity contribution in [3.63, 3.8) is 0 Å². The Balaban J connectivity index is 1.46. The third kappa shape index (κ3) is 5.16. The summed E-state index contributed by atoms with van der Waals surface area (Å²) in [5.41, 5.74) is 5.10. The largest absolute Gasteiger partial charge is 0.508 e. The molecule has 0 spiro atoms. The van der Waals surface area contributed by atoms with E-state index in [1.165, 1.54) is 0 Å². The first-order chi connectivity index (χ1) is 18.8. The molecule has 0 radical (unpaired) electrons. The Morgan fingerprint density at radius 1 is 1.10 bits per heavy atom. The Bertz CT molecular complexity index is 1320. The highest BCUT2D eigenvalue weighted by molar-refractivity contribution is 6.43. The normalized spacial score (nSPS) is 25.1. The van der Waals surface area contributed by atoms with Gasteiger partial charge in [0.05, 0.1) is 25.0 Å². The predicted molar refractivity (Wildman–Crippen MR) is 146 cm³/mol. The Morgan fingerprint density at radius 3 is 2.49 bits per heavy atom. The van der Waals surface area contributed by atoms with Crippen molar-refractivity contribution in [1.29, 1.82) is 0 Å². The number of nitrogens with zero attached hydrogens (tertiary/aromatic N) is 1. The van der Waals surface area contributed by atoms with Crippen LogP contribution in [0.2, 0.25) is 6.32 Å². The molecule has 2 aromatic carbocycles. The predicted octanol–water partition coefficient (Wildman–Crippen LogP) is 4.69. The van der Waals surface area contributed by atoms with E-state index in [4.69, 9.17) is 9.39 Å². The highest BCUT2D eigenvalue weighted by Gasteiger charge is 2.59. The molecule has 3 amide bonds. The number of methoxy groups -OCH3 is 1. The Hall–Kier alpha value is -3.69. The first kappa shape index (κ1) is 26.9. The number of benzene rings is 2. The van der Waals surface area contributed by atoms with Crippen LogP contribution in [0.25, 0.3) is 11.6 Å². The van der Waals surface area contributed by atoms with Crippen LogP contribution >= 0.6 is 0 Å². The van der Waals surface area contributed by atoms with E-state index in [1.807, 2.05) is 49.4 Å². The summed E-state index contributed by atoms with van der Waals surface area (Å²) >= 11 is 0. The van der Waals surface area contributed by atoms with Gasteiger partial charge >= 0.3 is 13.2 Å². The van der Waals surface area contributed by atoms with Crippen LogP contribution in [-0.4, -0.2) is 53.3 Å². The lowest BCUT2D eigenvalue weighted by Crippen LogP contribution is -2.46. The number of aromatic hydroxyl groups is 1. The zero-order valence-electron chi connectivity index (χ0n) is 22.1. The average Bonchev–Trinajstić information content (AvgIpc) is 3.20. The van der Waals surface area contributed by atoms with E-state index in [-0.39, 0.29) is 18.0 Å². The molecule has 8 nitrogen and oxygen atoms in total. The van der Waals surface area contributed by atoms with Gasteiger partial charge in [-0.25, -0.2) is 4.79 Å². The number of amides is 3. The summed E-state index contributed by atoms with van der Waals surface area (Å²) in [4.78, 5) is 39.3. The minimum atomic E-state index is -1.09. The molecule has 2 aromatic rings. The second-order valence-electron chi connectivity index (χ2n) is 10.3. The van der Waals surface area contributed by atoms with E-state index >= 15 is 0 Å². The number of carbonyl (C=O) groups is 3. The second-order valence-corrected chi connectivity index (χ2v) is 10.3. The van der Waals surface area contributed by atoms with Gasteiger partial charge in [-0.05, 0) is 72.3 Å². The Kier molecular flexibility index (Phi) is 7.73. The van der Waals surface area contributed by atoms with E-state index in [9.17, 15) is 24.5 Å². The monoisotopic (exact) mass is 529 g/mol. The van der Waals surface area contributed by atoms with Gasteiger partial charge in [-0.2, -0.15) is 4.90 Å². The van der Waals surface area contributed by atoms with Crippen LogP contribution in [0.1, 0.15) is 43.7 Å². The molecule has 0 bridgehead atoms. The zero-order valence-corrected chi connectivity index (χ0v) is 22.1. The van der Waals surface area contributed by atoms with Crippen molar-refractivity contribution in [2.45, 2.75) is 45.0 Å².